The van der Waals surface area contributed by atoms with Crippen LogP contribution < -0.4 is 9.62 Å². The number of hydrogen-bond acceptors (Lipinski definition) is 7. The fourth-order valence-electron chi connectivity index (χ4n) is 3.37. The van der Waals surface area contributed by atoms with Gasteiger partial charge in [-0.1, -0.05) is 0 Å². The van der Waals surface area contributed by atoms with Gasteiger partial charge in [0.1, 0.15) is 0 Å². The Kier molecular flexibility index (Phi) is 6.30. The van der Waals surface area contributed by atoms with Crippen molar-refractivity contribution in [3.05, 3.63) is 53.1 Å². The zero-order valence-corrected chi connectivity index (χ0v) is 18.1. The number of anilines is 2. The molecule has 1 amide bonds. The Balaban J connectivity index is 1.98. The van der Waals surface area contributed by atoms with Gasteiger partial charge in [-0.25, -0.2) is 18.0 Å². The van der Waals surface area contributed by atoms with E-state index in [4.69, 9.17) is 4.74 Å². The van der Waals surface area contributed by atoms with Crippen LogP contribution in [0.3, 0.4) is 0 Å². The first kappa shape index (κ1) is 22.3. The summed E-state index contributed by atoms with van der Waals surface area (Å²) in [5.41, 5.74) is 1.16. The van der Waals surface area contributed by atoms with Gasteiger partial charge in [-0.3, -0.25) is 9.52 Å². The molecule has 0 aromatic heterocycles. The quantitative estimate of drug-likeness (QED) is 0.677. The van der Waals surface area contributed by atoms with E-state index in [-0.39, 0.29) is 27.6 Å². The molecule has 0 bridgehead atoms. The number of carbonyl (C=O) groups is 3. The third-order valence-electron chi connectivity index (χ3n) is 4.93. The minimum absolute atomic E-state index is 0.000762. The summed E-state index contributed by atoms with van der Waals surface area (Å²) >= 11 is 0. The van der Waals surface area contributed by atoms with Crippen LogP contribution in [0, 0.1) is 6.92 Å². The van der Waals surface area contributed by atoms with Crippen LogP contribution in [0.2, 0.25) is 0 Å². The number of esters is 2. The predicted molar refractivity (Wildman–Crippen MR) is 113 cm³/mol. The lowest BCUT2D eigenvalue weighted by Crippen LogP contribution is -2.24. The number of amides is 1. The molecular weight excluding hydrogens is 424 g/mol. The van der Waals surface area contributed by atoms with Crippen molar-refractivity contribution in [3.8, 4) is 0 Å². The lowest BCUT2D eigenvalue weighted by molar-refractivity contribution is -0.117. The maximum absolute atomic E-state index is 13.0. The van der Waals surface area contributed by atoms with Gasteiger partial charge in [-0.15, -0.1) is 0 Å². The van der Waals surface area contributed by atoms with Gasteiger partial charge >= 0.3 is 11.9 Å². The highest BCUT2D eigenvalue weighted by Gasteiger charge is 2.25. The van der Waals surface area contributed by atoms with Gasteiger partial charge in [-0.05, 0) is 55.3 Å². The van der Waals surface area contributed by atoms with Crippen LogP contribution in [0.15, 0.2) is 41.3 Å². The normalized spacial score (nSPS) is 13.8. The van der Waals surface area contributed by atoms with E-state index in [1.54, 1.807) is 17.9 Å². The molecule has 2 aromatic carbocycles. The van der Waals surface area contributed by atoms with Crippen LogP contribution in [-0.4, -0.2) is 47.0 Å². The monoisotopic (exact) mass is 446 g/mol. The molecule has 1 saturated heterocycles. The molecule has 164 valence electrons. The largest absolute Gasteiger partial charge is 0.465 e. The Bertz CT molecular complexity index is 1160. The summed E-state index contributed by atoms with van der Waals surface area (Å²) in [5, 5.41) is 0. The molecule has 0 radical (unpaired) electrons. The number of aryl methyl sites for hydroxylation is 1. The first-order valence-corrected chi connectivity index (χ1v) is 10.9. The van der Waals surface area contributed by atoms with Gasteiger partial charge in [0.25, 0.3) is 10.0 Å². The molecule has 0 saturated carbocycles. The maximum Gasteiger partial charge on any atom is 0.339 e. The molecule has 0 spiro atoms. The Morgan fingerprint density at radius 2 is 1.74 bits per heavy atom. The topological polar surface area (TPSA) is 119 Å². The van der Waals surface area contributed by atoms with E-state index in [0.717, 1.165) is 13.5 Å². The van der Waals surface area contributed by atoms with Crippen LogP contribution in [0.1, 0.15) is 39.1 Å². The van der Waals surface area contributed by atoms with E-state index in [0.29, 0.717) is 24.2 Å². The third-order valence-corrected chi connectivity index (χ3v) is 6.30. The van der Waals surface area contributed by atoms with Crippen LogP contribution in [0.5, 0.6) is 0 Å². The number of benzene rings is 2. The van der Waals surface area contributed by atoms with Crippen molar-refractivity contribution in [3.63, 3.8) is 0 Å². The fraction of sp³-hybridized carbons (Fsp3) is 0.286. The first-order valence-electron chi connectivity index (χ1n) is 9.42. The summed E-state index contributed by atoms with van der Waals surface area (Å²) in [6.07, 6.45) is 1.22. The number of methoxy groups -OCH3 is 2. The Labute approximate surface area is 180 Å². The van der Waals surface area contributed by atoms with Gasteiger partial charge in [0, 0.05) is 18.7 Å². The van der Waals surface area contributed by atoms with Crippen molar-refractivity contribution in [1.82, 2.24) is 0 Å². The van der Waals surface area contributed by atoms with Crippen LogP contribution in [0.25, 0.3) is 0 Å². The van der Waals surface area contributed by atoms with Gasteiger partial charge in [0.2, 0.25) is 5.91 Å². The third kappa shape index (κ3) is 4.53. The molecule has 0 aliphatic carbocycles. The molecule has 1 aliphatic heterocycles. The highest BCUT2D eigenvalue weighted by molar-refractivity contribution is 7.92. The summed E-state index contributed by atoms with van der Waals surface area (Å²) in [7, 11) is -1.76. The van der Waals surface area contributed by atoms with Crippen molar-refractivity contribution in [1.29, 1.82) is 0 Å². The lowest BCUT2D eigenvalue weighted by Gasteiger charge is -2.19. The molecule has 1 heterocycles. The minimum Gasteiger partial charge on any atom is -0.465 e. The average molecular weight is 446 g/mol. The Morgan fingerprint density at radius 3 is 2.32 bits per heavy atom. The lowest BCUT2D eigenvalue weighted by atomic mass is 10.1. The molecule has 1 fully saturated rings. The smallest absolute Gasteiger partial charge is 0.339 e. The zero-order valence-electron chi connectivity index (χ0n) is 17.3. The van der Waals surface area contributed by atoms with E-state index in [1.165, 1.54) is 37.4 Å². The van der Waals surface area contributed by atoms with Gasteiger partial charge in [0.05, 0.1) is 35.9 Å². The minimum atomic E-state index is -4.12. The second-order valence-electron chi connectivity index (χ2n) is 6.95. The molecule has 9 nitrogen and oxygen atoms in total. The van der Waals surface area contributed by atoms with E-state index in [9.17, 15) is 22.8 Å². The summed E-state index contributed by atoms with van der Waals surface area (Å²) in [4.78, 5) is 37.5. The highest BCUT2D eigenvalue weighted by Crippen LogP contribution is 2.29. The fourth-order valence-corrected chi connectivity index (χ4v) is 4.52. The van der Waals surface area contributed by atoms with E-state index in [2.05, 4.69) is 9.46 Å². The maximum atomic E-state index is 13.0. The molecule has 2 aromatic rings. The van der Waals surface area contributed by atoms with Crippen molar-refractivity contribution in [2.45, 2.75) is 24.7 Å². The average Bonchev–Trinajstić information content (AvgIpc) is 3.17. The first-order chi connectivity index (χ1) is 14.7. The number of nitrogens with one attached hydrogen (secondary N) is 1. The summed E-state index contributed by atoms with van der Waals surface area (Å²) in [6.45, 7) is 2.31. The number of carbonyl (C=O) groups excluding carboxylic acids is 3. The standard InChI is InChI=1S/C21H22N2O7S/c1-13-11-15(7-9-18(13)23-10-4-5-19(23)24)31(27,28)22-17-12-14(20(25)29-2)6-8-16(17)21(26)30-3/h6-9,11-12,22H,4-5,10H2,1-3H3. The molecule has 1 N–H and O–H groups in total. The number of sulfonamides is 1. The van der Waals surface area contributed by atoms with Crippen molar-refractivity contribution in [2.75, 3.05) is 30.4 Å². The molecule has 3 rings (SSSR count). The van der Waals surface area contributed by atoms with Gasteiger partial charge < -0.3 is 14.4 Å². The summed E-state index contributed by atoms with van der Waals surface area (Å²) < 4.78 is 37.7. The molecule has 1 aliphatic rings. The Morgan fingerprint density at radius 1 is 1.03 bits per heavy atom. The molecule has 31 heavy (non-hydrogen) atoms. The number of ether oxygens (including phenoxy) is 2. The van der Waals surface area contributed by atoms with Crippen LogP contribution in [-0.2, 0) is 24.3 Å². The summed E-state index contributed by atoms with van der Waals surface area (Å²) in [6, 6.07) is 8.24. The van der Waals surface area contributed by atoms with E-state index < -0.39 is 22.0 Å². The number of nitrogens with zero attached hydrogens (tertiary/aromatic N) is 1. The second kappa shape index (κ2) is 8.76. The van der Waals surface area contributed by atoms with E-state index in [1.807, 2.05) is 0 Å². The zero-order chi connectivity index (χ0) is 22.8. The van der Waals surface area contributed by atoms with Crippen molar-refractivity contribution in [2.24, 2.45) is 0 Å². The highest BCUT2D eigenvalue weighted by atomic mass is 32.2. The SMILES string of the molecule is COC(=O)c1ccc(C(=O)OC)c(NS(=O)(=O)c2ccc(N3CCCC3=O)c(C)c2)c1. The molecule has 10 heteroatoms. The van der Waals surface area contributed by atoms with Gasteiger partial charge in [-0.2, -0.15) is 0 Å². The second-order valence-corrected chi connectivity index (χ2v) is 8.63. The van der Waals surface area contributed by atoms with Crippen molar-refractivity contribution < 1.29 is 32.3 Å². The number of hydrogen-bond donors (Lipinski definition) is 1. The van der Waals surface area contributed by atoms with Crippen molar-refractivity contribution >= 4 is 39.2 Å². The Hall–Kier alpha value is -3.40. The molecule has 0 unspecified atom stereocenters. The molecular formula is C21H22N2O7S. The predicted octanol–water partition coefficient (Wildman–Crippen LogP) is 2.50. The number of rotatable bonds is 6. The molecule has 0 atom stereocenters. The van der Waals surface area contributed by atoms with Gasteiger partial charge in [0.15, 0.2) is 0 Å². The van der Waals surface area contributed by atoms with Crippen LogP contribution >= 0.6 is 0 Å². The van der Waals surface area contributed by atoms with E-state index >= 15 is 0 Å². The summed E-state index contributed by atoms with van der Waals surface area (Å²) in [5.74, 6) is -1.46. The van der Waals surface area contributed by atoms with Crippen LogP contribution in [0.4, 0.5) is 11.4 Å².